The van der Waals surface area contributed by atoms with E-state index < -0.39 is 0 Å². The van der Waals surface area contributed by atoms with Gasteiger partial charge < -0.3 is 10.2 Å². The lowest BCUT2D eigenvalue weighted by Gasteiger charge is -2.27. The lowest BCUT2D eigenvalue weighted by atomic mass is 10.1. The van der Waals surface area contributed by atoms with Gasteiger partial charge in [-0.15, -0.1) is 0 Å². The zero-order valence-corrected chi connectivity index (χ0v) is 17.9. The van der Waals surface area contributed by atoms with Crippen LogP contribution in [0.3, 0.4) is 0 Å². The summed E-state index contributed by atoms with van der Waals surface area (Å²) in [5.41, 5.74) is 0.979. The molecule has 7 heteroatoms. The quantitative estimate of drug-likeness (QED) is 0.525. The summed E-state index contributed by atoms with van der Waals surface area (Å²) in [5, 5.41) is 3.83. The van der Waals surface area contributed by atoms with Crippen LogP contribution in [0.2, 0.25) is 0 Å². The number of amides is 1. The molecule has 1 heterocycles. The summed E-state index contributed by atoms with van der Waals surface area (Å²) in [5.74, 6) is 0.566. The van der Waals surface area contributed by atoms with Gasteiger partial charge in [-0.05, 0) is 37.5 Å². The van der Waals surface area contributed by atoms with Gasteiger partial charge >= 0.3 is 0 Å². The number of rotatable bonds is 12. The predicted molar refractivity (Wildman–Crippen MR) is 113 cm³/mol. The average Bonchev–Trinajstić information content (AvgIpc) is 3.15. The van der Waals surface area contributed by atoms with Gasteiger partial charge in [-0.1, -0.05) is 38.8 Å². The molecule has 0 bridgehead atoms. The van der Waals surface area contributed by atoms with Crippen molar-refractivity contribution in [1.82, 2.24) is 14.7 Å². The van der Waals surface area contributed by atoms with Gasteiger partial charge in [-0.25, -0.2) is 9.37 Å². The fraction of sp³-hybridized carbons (Fsp3) is 0.571. The Morgan fingerprint density at radius 2 is 2.00 bits per heavy atom. The summed E-state index contributed by atoms with van der Waals surface area (Å²) >= 11 is 1.36. The third-order valence-electron chi connectivity index (χ3n) is 4.78. The number of nitrogens with one attached hydrogen (secondary N) is 1. The van der Waals surface area contributed by atoms with Crippen LogP contribution in [0.25, 0.3) is 0 Å². The van der Waals surface area contributed by atoms with Gasteiger partial charge in [0.1, 0.15) is 11.6 Å². The molecule has 1 amide bonds. The largest absolute Gasteiger partial charge is 0.356 e. The summed E-state index contributed by atoms with van der Waals surface area (Å²) in [6.45, 7) is 7.79. The van der Waals surface area contributed by atoms with Gasteiger partial charge in [0.15, 0.2) is 0 Å². The van der Waals surface area contributed by atoms with Crippen molar-refractivity contribution in [1.29, 1.82) is 0 Å². The zero-order valence-electron chi connectivity index (χ0n) is 17.1. The van der Waals surface area contributed by atoms with Crippen LogP contribution in [0.15, 0.2) is 24.3 Å². The molecule has 2 aromatic rings. The molecule has 5 nitrogen and oxygen atoms in total. The third-order valence-corrected chi connectivity index (χ3v) is 5.57. The first-order valence-corrected chi connectivity index (χ1v) is 10.9. The first kappa shape index (κ1) is 22.3. The number of nitrogens with zero attached hydrogens (tertiary/aromatic N) is 3. The maximum absolute atomic E-state index is 13.1. The normalized spacial score (nSPS) is 12.0. The van der Waals surface area contributed by atoms with Crippen molar-refractivity contribution >= 4 is 22.6 Å². The fourth-order valence-electron chi connectivity index (χ4n) is 2.86. The molecule has 1 aromatic heterocycles. The first-order valence-electron chi connectivity index (χ1n) is 10.1. The van der Waals surface area contributed by atoms with Crippen LogP contribution in [0.5, 0.6) is 0 Å². The average molecular weight is 407 g/mol. The van der Waals surface area contributed by atoms with Crippen LogP contribution in [0.1, 0.15) is 64.3 Å². The van der Waals surface area contributed by atoms with Crippen LogP contribution >= 0.6 is 11.5 Å². The summed E-state index contributed by atoms with van der Waals surface area (Å²) in [6.07, 6.45) is 5.30. The van der Waals surface area contributed by atoms with E-state index in [0.717, 1.165) is 48.7 Å². The Morgan fingerprint density at radius 1 is 1.25 bits per heavy atom. The predicted octanol–water partition coefficient (Wildman–Crippen LogP) is 4.57. The van der Waals surface area contributed by atoms with E-state index in [9.17, 15) is 9.18 Å². The molecular weight excluding hydrogens is 375 g/mol. The van der Waals surface area contributed by atoms with Gasteiger partial charge in [0.05, 0.1) is 0 Å². The van der Waals surface area contributed by atoms with Crippen molar-refractivity contribution in [2.75, 3.05) is 18.0 Å². The molecule has 0 unspecified atom stereocenters. The molecule has 1 aromatic carbocycles. The molecule has 0 aliphatic carbocycles. The van der Waals surface area contributed by atoms with Gasteiger partial charge in [0.2, 0.25) is 11.0 Å². The number of halogens is 1. The second-order valence-electron chi connectivity index (χ2n) is 7.05. The van der Waals surface area contributed by atoms with Crippen molar-refractivity contribution in [2.45, 2.75) is 65.3 Å². The number of anilines is 1. The van der Waals surface area contributed by atoms with E-state index in [1.165, 1.54) is 23.7 Å². The van der Waals surface area contributed by atoms with E-state index in [1.807, 2.05) is 0 Å². The molecule has 28 heavy (non-hydrogen) atoms. The fourth-order valence-corrected chi connectivity index (χ4v) is 3.67. The molecule has 0 aliphatic rings. The Balaban J connectivity index is 1.94. The molecule has 0 aliphatic heterocycles. The minimum atomic E-state index is -0.244. The maximum atomic E-state index is 13.1. The highest BCUT2D eigenvalue weighted by Crippen LogP contribution is 2.22. The highest BCUT2D eigenvalue weighted by atomic mass is 32.1. The lowest BCUT2D eigenvalue weighted by Crippen LogP contribution is -2.36. The highest BCUT2D eigenvalue weighted by Gasteiger charge is 2.19. The lowest BCUT2D eigenvalue weighted by molar-refractivity contribution is -0.120. The third kappa shape index (κ3) is 7.19. The van der Waals surface area contributed by atoms with Crippen molar-refractivity contribution in [3.8, 4) is 0 Å². The molecule has 2 rings (SSSR count). The number of unbranched alkanes of at least 4 members (excludes halogenated alkanes) is 2. The standard InChI is InChI=1S/C21H31FN4OS/c1-4-6-7-13-23-20(27)12-14-26(16(3)5-2)21-24-19(25-28-21)15-17-8-10-18(22)11-9-17/h8-11,16H,4-7,12-15H2,1-3H3,(H,23,27)/t16-/m1/s1. The number of carbonyl (C=O) groups is 1. The number of hydrogen-bond donors (Lipinski definition) is 1. The summed E-state index contributed by atoms with van der Waals surface area (Å²) in [6, 6.07) is 6.69. The molecule has 1 N–H and O–H groups in total. The van der Waals surface area contributed by atoms with Crippen molar-refractivity contribution in [3.05, 3.63) is 41.5 Å². The molecule has 0 saturated heterocycles. The van der Waals surface area contributed by atoms with E-state index >= 15 is 0 Å². The molecular formula is C21H31FN4OS. The van der Waals surface area contributed by atoms with Crippen molar-refractivity contribution in [2.24, 2.45) is 0 Å². The van der Waals surface area contributed by atoms with Crippen LogP contribution in [0.4, 0.5) is 9.52 Å². The van der Waals surface area contributed by atoms with Crippen LogP contribution in [-0.2, 0) is 11.2 Å². The Kier molecular flexibility index (Phi) is 9.34. The first-order chi connectivity index (χ1) is 13.5. The van der Waals surface area contributed by atoms with E-state index in [0.29, 0.717) is 19.4 Å². The SMILES string of the molecule is CCCCCNC(=O)CCN(c1nc(Cc2ccc(F)cc2)ns1)[C@H](C)CC. The van der Waals surface area contributed by atoms with Crippen molar-refractivity contribution < 1.29 is 9.18 Å². The summed E-state index contributed by atoms with van der Waals surface area (Å²) in [4.78, 5) is 19.0. The highest BCUT2D eigenvalue weighted by molar-refractivity contribution is 7.09. The Bertz CT molecular complexity index is 719. The summed E-state index contributed by atoms with van der Waals surface area (Å²) in [7, 11) is 0. The van der Waals surface area contributed by atoms with Gasteiger partial charge in [0, 0.05) is 43.5 Å². The molecule has 0 radical (unpaired) electrons. The minimum Gasteiger partial charge on any atom is -0.356 e. The van der Waals surface area contributed by atoms with E-state index in [1.54, 1.807) is 12.1 Å². The Morgan fingerprint density at radius 3 is 2.68 bits per heavy atom. The smallest absolute Gasteiger partial charge is 0.221 e. The topological polar surface area (TPSA) is 58.1 Å². The zero-order chi connectivity index (χ0) is 20.4. The second kappa shape index (κ2) is 11.7. The molecule has 154 valence electrons. The maximum Gasteiger partial charge on any atom is 0.221 e. The molecule has 0 saturated carbocycles. The Hall–Kier alpha value is -2.02. The van der Waals surface area contributed by atoms with E-state index in [2.05, 4.69) is 40.3 Å². The Labute approximate surface area is 171 Å². The molecule has 0 spiro atoms. The van der Waals surface area contributed by atoms with Gasteiger partial charge in [-0.3, -0.25) is 4.79 Å². The van der Waals surface area contributed by atoms with E-state index in [4.69, 9.17) is 0 Å². The monoisotopic (exact) mass is 406 g/mol. The number of carbonyl (C=O) groups excluding carboxylic acids is 1. The number of hydrogen-bond acceptors (Lipinski definition) is 5. The van der Waals surface area contributed by atoms with Crippen LogP contribution in [-0.4, -0.2) is 34.4 Å². The second-order valence-corrected chi connectivity index (χ2v) is 7.78. The number of aromatic nitrogens is 2. The molecule has 0 fully saturated rings. The van der Waals surface area contributed by atoms with Gasteiger partial charge in [0.25, 0.3) is 0 Å². The van der Waals surface area contributed by atoms with Crippen molar-refractivity contribution in [3.63, 3.8) is 0 Å². The van der Waals surface area contributed by atoms with Crippen LogP contribution in [0, 0.1) is 5.82 Å². The van der Waals surface area contributed by atoms with E-state index in [-0.39, 0.29) is 17.8 Å². The minimum absolute atomic E-state index is 0.0838. The van der Waals surface area contributed by atoms with Gasteiger partial charge in [-0.2, -0.15) is 4.37 Å². The summed E-state index contributed by atoms with van der Waals surface area (Å²) < 4.78 is 17.5. The number of benzene rings is 1. The van der Waals surface area contributed by atoms with Crippen LogP contribution < -0.4 is 10.2 Å². The molecule has 1 atom stereocenters.